The van der Waals surface area contributed by atoms with Gasteiger partial charge in [0.15, 0.2) is 0 Å². The molecular weight excluding hydrogens is 183 g/mol. The molecule has 0 saturated heterocycles. The molecular formula is C10H15FN2O. The number of aromatic nitrogens is 1. The van der Waals surface area contributed by atoms with Gasteiger partial charge in [0.05, 0.1) is 0 Å². The highest BCUT2D eigenvalue weighted by molar-refractivity contribution is 5.14. The van der Waals surface area contributed by atoms with E-state index in [4.69, 9.17) is 10.8 Å². The van der Waals surface area contributed by atoms with Crippen LogP contribution in [0.5, 0.6) is 0 Å². The molecule has 0 aliphatic rings. The smallest absolute Gasteiger partial charge is 0.217 e. The summed E-state index contributed by atoms with van der Waals surface area (Å²) in [5, 5.41) is 8.58. The standard InChI is InChI=1S/C10H15FN2O/c11-10-8(4-3-6-13-10)9(12)5-1-2-7-14/h3-4,6,9,14H,1-2,5,7,12H2/t9-/m1/s1. The highest BCUT2D eigenvalue weighted by Gasteiger charge is 2.10. The van der Waals surface area contributed by atoms with Crippen LogP contribution < -0.4 is 5.73 Å². The van der Waals surface area contributed by atoms with Gasteiger partial charge in [-0.2, -0.15) is 4.39 Å². The molecule has 78 valence electrons. The van der Waals surface area contributed by atoms with Crippen molar-refractivity contribution in [2.75, 3.05) is 6.61 Å². The maximum Gasteiger partial charge on any atom is 0.217 e. The minimum absolute atomic E-state index is 0.155. The molecule has 14 heavy (non-hydrogen) atoms. The Balaban J connectivity index is 2.51. The molecule has 3 nitrogen and oxygen atoms in total. The Morgan fingerprint density at radius 3 is 2.93 bits per heavy atom. The minimum atomic E-state index is -0.496. The van der Waals surface area contributed by atoms with Gasteiger partial charge in [-0.25, -0.2) is 4.98 Å². The average molecular weight is 198 g/mol. The molecule has 1 rings (SSSR count). The van der Waals surface area contributed by atoms with Gasteiger partial charge in [-0.15, -0.1) is 0 Å². The van der Waals surface area contributed by atoms with Gasteiger partial charge in [0.25, 0.3) is 0 Å². The Morgan fingerprint density at radius 2 is 2.29 bits per heavy atom. The first-order valence-corrected chi connectivity index (χ1v) is 4.72. The van der Waals surface area contributed by atoms with Gasteiger partial charge in [-0.3, -0.25) is 0 Å². The third kappa shape index (κ3) is 3.05. The van der Waals surface area contributed by atoms with Crippen molar-refractivity contribution in [1.29, 1.82) is 0 Å². The summed E-state index contributed by atoms with van der Waals surface area (Å²) in [5.41, 5.74) is 6.22. The van der Waals surface area contributed by atoms with Crippen LogP contribution in [0.3, 0.4) is 0 Å². The first-order chi connectivity index (χ1) is 6.75. The highest BCUT2D eigenvalue weighted by atomic mass is 19.1. The number of hydrogen-bond acceptors (Lipinski definition) is 3. The number of hydrogen-bond donors (Lipinski definition) is 2. The Morgan fingerprint density at radius 1 is 1.50 bits per heavy atom. The topological polar surface area (TPSA) is 59.1 Å². The molecule has 1 aromatic rings. The zero-order valence-corrected chi connectivity index (χ0v) is 7.99. The van der Waals surface area contributed by atoms with Gasteiger partial charge in [-0.05, 0) is 25.3 Å². The summed E-state index contributed by atoms with van der Waals surface area (Å²) in [7, 11) is 0. The van der Waals surface area contributed by atoms with E-state index in [1.54, 1.807) is 12.1 Å². The first-order valence-electron chi connectivity index (χ1n) is 4.72. The molecule has 0 unspecified atom stereocenters. The van der Waals surface area contributed by atoms with Crippen molar-refractivity contribution in [3.8, 4) is 0 Å². The number of aliphatic hydroxyl groups is 1. The average Bonchev–Trinajstić information content (AvgIpc) is 2.18. The van der Waals surface area contributed by atoms with E-state index in [1.165, 1.54) is 6.20 Å². The van der Waals surface area contributed by atoms with Crippen molar-refractivity contribution in [1.82, 2.24) is 4.98 Å². The number of aliphatic hydroxyl groups excluding tert-OH is 1. The van der Waals surface area contributed by atoms with E-state index >= 15 is 0 Å². The highest BCUT2D eigenvalue weighted by Crippen LogP contribution is 2.17. The molecule has 3 N–H and O–H groups in total. The summed E-state index contributed by atoms with van der Waals surface area (Å²) in [6.07, 6.45) is 3.57. The second-order valence-electron chi connectivity index (χ2n) is 3.21. The van der Waals surface area contributed by atoms with E-state index in [9.17, 15) is 4.39 Å². The Hall–Kier alpha value is -1.00. The van der Waals surface area contributed by atoms with Crippen LogP contribution in [-0.2, 0) is 0 Å². The summed E-state index contributed by atoms with van der Waals surface area (Å²) in [5.74, 6) is -0.496. The van der Waals surface area contributed by atoms with Gasteiger partial charge in [0.1, 0.15) is 0 Å². The lowest BCUT2D eigenvalue weighted by Gasteiger charge is -2.11. The third-order valence-electron chi connectivity index (χ3n) is 2.11. The summed E-state index contributed by atoms with van der Waals surface area (Å²) in [4.78, 5) is 3.53. The maximum atomic E-state index is 13.1. The number of nitrogens with two attached hydrogens (primary N) is 1. The molecule has 0 fully saturated rings. The number of nitrogens with zero attached hydrogens (tertiary/aromatic N) is 1. The Bertz CT molecular complexity index is 281. The fourth-order valence-corrected chi connectivity index (χ4v) is 1.31. The summed E-state index contributed by atoms with van der Waals surface area (Å²) >= 11 is 0. The van der Waals surface area contributed by atoms with E-state index < -0.39 is 5.95 Å². The SMILES string of the molecule is N[C@H](CCCCO)c1cccnc1F. The number of pyridine rings is 1. The Kier molecular flexibility index (Phi) is 4.49. The summed E-state index contributed by atoms with van der Waals surface area (Å²) in [6.45, 7) is 0.155. The molecule has 0 radical (unpaired) electrons. The zero-order valence-electron chi connectivity index (χ0n) is 7.99. The molecule has 0 saturated carbocycles. The number of rotatable bonds is 5. The van der Waals surface area contributed by atoms with Crippen molar-refractivity contribution < 1.29 is 9.50 Å². The monoisotopic (exact) mass is 198 g/mol. The van der Waals surface area contributed by atoms with Gasteiger partial charge in [0, 0.05) is 24.4 Å². The first kappa shape index (κ1) is 11.1. The van der Waals surface area contributed by atoms with E-state index in [-0.39, 0.29) is 12.6 Å². The molecule has 0 bridgehead atoms. The van der Waals surface area contributed by atoms with Crippen molar-refractivity contribution >= 4 is 0 Å². The van der Waals surface area contributed by atoms with E-state index in [0.717, 1.165) is 6.42 Å². The molecule has 0 amide bonds. The molecule has 1 aromatic heterocycles. The molecule has 0 aliphatic heterocycles. The van der Waals surface area contributed by atoms with Crippen LogP contribution in [-0.4, -0.2) is 16.7 Å². The predicted octanol–water partition coefficient (Wildman–Crippen LogP) is 1.38. The fourth-order valence-electron chi connectivity index (χ4n) is 1.31. The van der Waals surface area contributed by atoms with Crippen LogP contribution in [0.25, 0.3) is 0 Å². The van der Waals surface area contributed by atoms with Crippen molar-refractivity contribution in [2.24, 2.45) is 5.73 Å². The molecule has 0 aliphatic carbocycles. The number of unbranched alkanes of at least 4 members (excludes halogenated alkanes) is 1. The molecule has 0 spiro atoms. The van der Waals surface area contributed by atoms with Gasteiger partial charge < -0.3 is 10.8 Å². The van der Waals surface area contributed by atoms with Crippen LogP contribution in [0, 0.1) is 5.95 Å². The van der Waals surface area contributed by atoms with Crippen LogP contribution in [0.15, 0.2) is 18.3 Å². The second kappa shape index (κ2) is 5.67. The van der Waals surface area contributed by atoms with E-state index in [0.29, 0.717) is 18.4 Å². The van der Waals surface area contributed by atoms with Crippen molar-refractivity contribution in [3.63, 3.8) is 0 Å². The van der Waals surface area contributed by atoms with Crippen LogP contribution in [0.1, 0.15) is 30.9 Å². The largest absolute Gasteiger partial charge is 0.396 e. The normalized spacial score (nSPS) is 12.8. The minimum Gasteiger partial charge on any atom is -0.396 e. The van der Waals surface area contributed by atoms with Gasteiger partial charge in [-0.1, -0.05) is 6.07 Å². The lowest BCUT2D eigenvalue weighted by atomic mass is 10.0. The Labute approximate surface area is 82.8 Å². The van der Waals surface area contributed by atoms with Crippen LogP contribution in [0.4, 0.5) is 4.39 Å². The quantitative estimate of drug-likeness (QED) is 0.555. The lowest BCUT2D eigenvalue weighted by Crippen LogP contribution is -2.12. The fraction of sp³-hybridized carbons (Fsp3) is 0.500. The number of halogens is 1. The van der Waals surface area contributed by atoms with Crippen LogP contribution >= 0.6 is 0 Å². The second-order valence-corrected chi connectivity index (χ2v) is 3.21. The summed E-state index contributed by atoms with van der Waals surface area (Å²) in [6, 6.07) is 2.99. The molecule has 0 aromatic carbocycles. The lowest BCUT2D eigenvalue weighted by molar-refractivity contribution is 0.281. The molecule has 4 heteroatoms. The molecule has 1 heterocycles. The zero-order chi connectivity index (χ0) is 10.4. The summed E-state index contributed by atoms with van der Waals surface area (Å²) < 4.78 is 13.1. The third-order valence-corrected chi connectivity index (χ3v) is 2.11. The van der Waals surface area contributed by atoms with Gasteiger partial charge >= 0.3 is 0 Å². The van der Waals surface area contributed by atoms with Crippen molar-refractivity contribution in [2.45, 2.75) is 25.3 Å². The van der Waals surface area contributed by atoms with E-state index in [1.807, 2.05) is 0 Å². The molecule has 1 atom stereocenters. The van der Waals surface area contributed by atoms with E-state index in [2.05, 4.69) is 4.98 Å². The maximum absolute atomic E-state index is 13.1. The predicted molar refractivity (Wildman–Crippen MR) is 52.1 cm³/mol. The van der Waals surface area contributed by atoms with Gasteiger partial charge in [0.2, 0.25) is 5.95 Å². The van der Waals surface area contributed by atoms with Crippen molar-refractivity contribution in [3.05, 3.63) is 29.8 Å². The van der Waals surface area contributed by atoms with Crippen LogP contribution in [0.2, 0.25) is 0 Å².